The van der Waals surface area contributed by atoms with Crippen molar-refractivity contribution in [2.24, 2.45) is 0 Å². The first-order chi connectivity index (χ1) is 9.43. The fourth-order valence-corrected chi connectivity index (χ4v) is 2.15. The number of aliphatic hydroxyl groups excluding tert-OH is 2. The van der Waals surface area contributed by atoms with Gasteiger partial charge in [-0.2, -0.15) is 0 Å². The number of hydrogen-bond donors (Lipinski definition) is 4. The van der Waals surface area contributed by atoms with Crippen LogP contribution in [0.1, 0.15) is 6.23 Å². The van der Waals surface area contributed by atoms with E-state index in [1.54, 1.807) is 0 Å². The summed E-state index contributed by atoms with van der Waals surface area (Å²) in [5, 5.41) is 29.7. The second-order valence-corrected chi connectivity index (χ2v) is 4.40. The molecule has 4 unspecified atom stereocenters. The Morgan fingerprint density at radius 1 is 1.60 bits per heavy atom. The van der Waals surface area contributed by atoms with Crippen LogP contribution in [-0.2, 0) is 4.74 Å². The van der Waals surface area contributed by atoms with Crippen LogP contribution in [0.3, 0.4) is 0 Å². The third-order valence-corrected chi connectivity index (χ3v) is 3.19. The predicted octanol–water partition coefficient (Wildman–Crippen LogP) is -2.14. The van der Waals surface area contributed by atoms with Gasteiger partial charge in [0.2, 0.25) is 0 Å². The minimum Gasteiger partial charge on any atom is -0.394 e. The molecule has 2 heterocycles. The van der Waals surface area contributed by atoms with Crippen LogP contribution in [0, 0.1) is 0 Å². The zero-order valence-corrected chi connectivity index (χ0v) is 10.4. The first kappa shape index (κ1) is 14.4. The van der Waals surface area contributed by atoms with E-state index in [0.717, 1.165) is 22.9 Å². The molecule has 0 radical (unpaired) electrons. The first-order valence-corrected chi connectivity index (χ1v) is 5.79. The maximum atomic E-state index is 11.7. The summed E-state index contributed by atoms with van der Waals surface area (Å²) < 4.78 is 6.21. The second-order valence-electron chi connectivity index (χ2n) is 4.40. The van der Waals surface area contributed by atoms with Gasteiger partial charge in [0.1, 0.15) is 17.8 Å². The molecular formula is C12H14N2O6. The summed E-state index contributed by atoms with van der Waals surface area (Å²) in [5.41, 5.74) is -1.01. The highest BCUT2D eigenvalue weighted by molar-refractivity contribution is 5.13. The Morgan fingerprint density at radius 3 is 2.85 bits per heavy atom. The maximum absolute atomic E-state index is 11.7. The molecule has 0 bridgehead atoms. The van der Waals surface area contributed by atoms with Gasteiger partial charge in [0.25, 0.3) is 5.56 Å². The van der Waals surface area contributed by atoms with Crippen molar-refractivity contribution < 1.29 is 20.1 Å². The van der Waals surface area contributed by atoms with Crippen LogP contribution in [0.2, 0.25) is 0 Å². The second kappa shape index (κ2) is 5.20. The molecule has 108 valence electrons. The number of aromatic amines is 1. The molecule has 0 aliphatic carbocycles. The number of hydrogen-bond acceptors (Lipinski definition) is 6. The molecule has 1 fully saturated rings. The van der Waals surface area contributed by atoms with E-state index in [0.29, 0.717) is 0 Å². The monoisotopic (exact) mass is 282 g/mol. The number of H-pyrrole nitrogens is 1. The minimum absolute atomic E-state index is 0.583. The molecule has 0 amide bonds. The number of rotatable bonds is 3. The number of aliphatic hydroxyl groups is 3. The smallest absolute Gasteiger partial charge is 0.330 e. The van der Waals surface area contributed by atoms with Crippen LogP contribution in [-0.4, -0.2) is 49.3 Å². The standard InChI is InChI=1S/C12H14N2O6/c1-2-4-12(19)7(6-15)20-10(9(12)17)14-5-3-8(16)13-11(14)18/h3-5,7,9-10,15,17,19H,1,6H2,(H,13,16,18). The lowest BCUT2D eigenvalue weighted by atomic mass is 9.92. The molecule has 1 aromatic rings. The van der Waals surface area contributed by atoms with E-state index in [2.05, 4.69) is 12.3 Å². The number of nitrogens with zero attached hydrogens (tertiary/aromatic N) is 1. The normalized spacial score (nSPS) is 32.9. The molecule has 8 nitrogen and oxygen atoms in total. The van der Waals surface area contributed by atoms with E-state index in [9.17, 15) is 24.9 Å². The predicted molar refractivity (Wildman–Crippen MR) is 67.0 cm³/mol. The number of ether oxygens (including phenoxy) is 1. The van der Waals surface area contributed by atoms with Crippen LogP contribution >= 0.6 is 0 Å². The summed E-state index contributed by atoms with van der Waals surface area (Å²) in [6.45, 7) is 2.71. The zero-order valence-electron chi connectivity index (χ0n) is 10.4. The van der Waals surface area contributed by atoms with Crippen molar-refractivity contribution in [3.63, 3.8) is 0 Å². The summed E-state index contributed by atoms with van der Waals surface area (Å²) in [6, 6.07) is 1.08. The topological polar surface area (TPSA) is 125 Å². The van der Waals surface area contributed by atoms with Gasteiger partial charge in [-0.3, -0.25) is 14.3 Å². The van der Waals surface area contributed by atoms with Gasteiger partial charge in [-0.1, -0.05) is 6.58 Å². The van der Waals surface area contributed by atoms with E-state index in [-0.39, 0.29) is 0 Å². The van der Waals surface area contributed by atoms with Crippen LogP contribution in [0.5, 0.6) is 0 Å². The van der Waals surface area contributed by atoms with Crippen molar-refractivity contribution in [3.8, 4) is 0 Å². The minimum atomic E-state index is -1.93. The molecular weight excluding hydrogens is 268 g/mol. The van der Waals surface area contributed by atoms with Crippen LogP contribution in [0.4, 0.5) is 0 Å². The average molecular weight is 282 g/mol. The van der Waals surface area contributed by atoms with Gasteiger partial charge in [0.15, 0.2) is 6.23 Å². The van der Waals surface area contributed by atoms with Crippen LogP contribution in [0.15, 0.2) is 40.2 Å². The molecule has 0 aromatic carbocycles. The molecule has 20 heavy (non-hydrogen) atoms. The Labute approximate surface area is 112 Å². The van der Waals surface area contributed by atoms with E-state index in [1.165, 1.54) is 0 Å². The molecule has 4 N–H and O–H groups in total. The van der Waals surface area contributed by atoms with Gasteiger partial charge in [0.05, 0.1) is 6.61 Å². The molecule has 0 saturated carbocycles. The highest BCUT2D eigenvalue weighted by atomic mass is 16.6. The molecule has 8 heteroatoms. The van der Waals surface area contributed by atoms with Crippen molar-refractivity contribution in [2.45, 2.75) is 24.0 Å². The molecule has 0 spiro atoms. The lowest BCUT2D eigenvalue weighted by Gasteiger charge is -2.25. The van der Waals surface area contributed by atoms with Crippen LogP contribution < -0.4 is 11.2 Å². The van der Waals surface area contributed by atoms with E-state index >= 15 is 0 Å². The molecule has 1 saturated heterocycles. The fraction of sp³-hybridized carbons (Fsp3) is 0.417. The summed E-state index contributed by atoms with van der Waals surface area (Å²) in [4.78, 5) is 24.7. The lowest BCUT2D eigenvalue weighted by molar-refractivity contribution is -0.0656. The van der Waals surface area contributed by atoms with Gasteiger partial charge in [0, 0.05) is 12.3 Å². The van der Waals surface area contributed by atoms with Gasteiger partial charge in [-0.25, -0.2) is 4.79 Å². The molecule has 1 aliphatic rings. The highest BCUT2D eigenvalue weighted by Crippen LogP contribution is 2.37. The van der Waals surface area contributed by atoms with E-state index < -0.39 is 41.9 Å². The largest absolute Gasteiger partial charge is 0.394 e. The third kappa shape index (κ3) is 2.15. The molecule has 1 aliphatic heterocycles. The SMILES string of the molecule is C=C=CC1(O)C(CO)OC(n2ccc(=O)[nH]c2=O)C1O. The van der Waals surface area contributed by atoms with E-state index in [4.69, 9.17) is 4.74 Å². The highest BCUT2D eigenvalue weighted by Gasteiger charge is 2.54. The Balaban J connectivity index is 2.47. The zero-order chi connectivity index (χ0) is 14.9. The number of nitrogens with one attached hydrogen (secondary N) is 1. The Bertz CT molecular complexity index is 658. The molecule has 1 aromatic heterocycles. The van der Waals surface area contributed by atoms with Crippen molar-refractivity contribution >= 4 is 0 Å². The van der Waals surface area contributed by atoms with Gasteiger partial charge < -0.3 is 20.1 Å². The Hall–Kier alpha value is -1.96. The van der Waals surface area contributed by atoms with E-state index in [1.807, 2.05) is 4.98 Å². The van der Waals surface area contributed by atoms with Crippen LogP contribution in [0.25, 0.3) is 0 Å². The summed E-state index contributed by atoms with van der Waals surface area (Å²) in [7, 11) is 0. The summed E-state index contributed by atoms with van der Waals surface area (Å²) >= 11 is 0. The maximum Gasteiger partial charge on any atom is 0.330 e. The van der Waals surface area contributed by atoms with Crippen molar-refractivity contribution in [1.29, 1.82) is 0 Å². The Kier molecular flexibility index (Phi) is 3.76. The summed E-state index contributed by atoms with van der Waals surface area (Å²) in [5.74, 6) is 0. The molecule has 2 rings (SSSR count). The quantitative estimate of drug-likeness (QED) is 0.469. The third-order valence-electron chi connectivity index (χ3n) is 3.19. The van der Waals surface area contributed by atoms with Gasteiger partial charge in [-0.05, 0) is 6.08 Å². The van der Waals surface area contributed by atoms with Crippen molar-refractivity contribution in [1.82, 2.24) is 9.55 Å². The molecule has 4 atom stereocenters. The average Bonchev–Trinajstić information content (AvgIpc) is 2.63. The van der Waals surface area contributed by atoms with Crippen molar-refractivity contribution in [3.05, 3.63) is 51.5 Å². The van der Waals surface area contributed by atoms with Crippen molar-refractivity contribution in [2.75, 3.05) is 6.61 Å². The van der Waals surface area contributed by atoms with Gasteiger partial charge in [-0.15, -0.1) is 5.73 Å². The number of aromatic nitrogens is 2. The Morgan fingerprint density at radius 2 is 2.30 bits per heavy atom. The fourth-order valence-electron chi connectivity index (χ4n) is 2.15. The lowest BCUT2D eigenvalue weighted by Crippen LogP contribution is -2.47. The first-order valence-electron chi connectivity index (χ1n) is 5.79. The summed E-state index contributed by atoms with van der Waals surface area (Å²) in [6.07, 6.45) is -1.76. The van der Waals surface area contributed by atoms with Gasteiger partial charge >= 0.3 is 5.69 Å².